The zero-order chi connectivity index (χ0) is 13.8. The first-order valence-corrected chi connectivity index (χ1v) is 6.45. The summed E-state index contributed by atoms with van der Waals surface area (Å²) >= 11 is 0. The van der Waals surface area contributed by atoms with Crippen molar-refractivity contribution in [2.75, 3.05) is 17.0 Å². The summed E-state index contributed by atoms with van der Waals surface area (Å²) in [5, 5.41) is 3.27. The number of carbonyl (C=O) groups is 1. The highest BCUT2D eigenvalue weighted by molar-refractivity contribution is 6.08. The quantitative estimate of drug-likeness (QED) is 0.844. The fourth-order valence-electron chi connectivity index (χ4n) is 2.54. The monoisotopic (exact) mass is 262 g/mol. The van der Waals surface area contributed by atoms with Crippen molar-refractivity contribution in [2.45, 2.75) is 39.3 Å². The van der Waals surface area contributed by atoms with Crippen LogP contribution in [-0.4, -0.2) is 24.3 Å². The van der Waals surface area contributed by atoms with Gasteiger partial charge >= 0.3 is 0 Å². The molecule has 0 aromatic heterocycles. The Bertz CT molecular complexity index is 552. The Balaban J connectivity index is 2.16. The summed E-state index contributed by atoms with van der Waals surface area (Å²) in [6.07, 6.45) is 0. The smallest absolute Gasteiger partial charge is 0.252 e. The van der Waals surface area contributed by atoms with Gasteiger partial charge in [0.2, 0.25) is 6.79 Å². The molecule has 1 aromatic carbocycles. The first kappa shape index (κ1) is 12.1. The number of fused-ring (bicyclic) bond motifs is 2. The van der Waals surface area contributed by atoms with Gasteiger partial charge in [-0.15, -0.1) is 0 Å². The molecule has 2 aliphatic rings. The van der Waals surface area contributed by atoms with Crippen LogP contribution in [0.25, 0.3) is 0 Å². The van der Waals surface area contributed by atoms with Gasteiger partial charge < -0.3 is 19.7 Å². The lowest BCUT2D eigenvalue weighted by Gasteiger charge is -2.41. The van der Waals surface area contributed by atoms with Crippen molar-refractivity contribution >= 4 is 17.3 Å². The molecule has 1 N–H and O–H groups in total. The Morgan fingerprint density at radius 1 is 1.26 bits per heavy atom. The van der Waals surface area contributed by atoms with E-state index in [9.17, 15) is 4.79 Å². The van der Waals surface area contributed by atoms with Crippen LogP contribution in [0.1, 0.15) is 27.7 Å². The summed E-state index contributed by atoms with van der Waals surface area (Å²) in [7, 11) is 0. The highest BCUT2D eigenvalue weighted by Gasteiger charge is 2.40. The number of ether oxygens (including phenoxy) is 2. The van der Waals surface area contributed by atoms with Gasteiger partial charge in [-0.1, -0.05) is 0 Å². The standard InChI is InChI=1S/C14H18N2O3/c1-8(2)16-10-6-12-11(18-7-19-12)5-9(10)15-14(3,4)13(16)17/h5-6,8,15H,7H2,1-4H3. The molecule has 0 spiro atoms. The number of rotatable bonds is 1. The van der Waals surface area contributed by atoms with E-state index < -0.39 is 5.54 Å². The zero-order valence-corrected chi connectivity index (χ0v) is 11.6. The lowest BCUT2D eigenvalue weighted by Crippen LogP contribution is -2.56. The molecule has 0 radical (unpaired) electrons. The third kappa shape index (κ3) is 1.72. The second-order valence-corrected chi connectivity index (χ2v) is 5.74. The zero-order valence-electron chi connectivity index (χ0n) is 11.6. The van der Waals surface area contributed by atoms with Gasteiger partial charge in [0.1, 0.15) is 5.54 Å². The fraction of sp³-hybridized carbons (Fsp3) is 0.500. The molecule has 3 rings (SSSR count). The van der Waals surface area contributed by atoms with Crippen molar-refractivity contribution in [3.8, 4) is 11.5 Å². The van der Waals surface area contributed by atoms with E-state index in [1.165, 1.54) is 0 Å². The second kappa shape index (κ2) is 3.79. The first-order chi connectivity index (χ1) is 8.90. The van der Waals surface area contributed by atoms with Gasteiger partial charge in [-0.3, -0.25) is 4.79 Å². The second-order valence-electron chi connectivity index (χ2n) is 5.74. The maximum Gasteiger partial charge on any atom is 0.252 e. The van der Waals surface area contributed by atoms with E-state index in [1.807, 2.05) is 44.7 Å². The van der Waals surface area contributed by atoms with Crippen LogP contribution in [0.3, 0.4) is 0 Å². The van der Waals surface area contributed by atoms with Gasteiger partial charge in [0.05, 0.1) is 11.4 Å². The molecule has 2 heterocycles. The predicted octanol–water partition coefficient (Wildman–Crippen LogP) is 2.36. The third-order valence-electron chi connectivity index (χ3n) is 3.47. The molecule has 0 bridgehead atoms. The van der Waals surface area contributed by atoms with Crippen LogP contribution in [0, 0.1) is 0 Å². The fourth-order valence-corrected chi connectivity index (χ4v) is 2.54. The highest BCUT2D eigenvalue weighted by atomic mass is 16.7. The summed E-state index contributed by atoms with van der Waals surface area (Å²) in [4.78, 5) is 14.4. The Morgan fingerprint density at radius 3 is 2.53 bits per heavy atom. The largest absolute Gasteiger partial charge is 0.454 e. The number of hydrogen-bond acceptors (Lipinski definition) is 4. The van der Waals surface area contributed by atoms with E-state index in [-0.39, 0.29) is 18.7 Å². The number of carbonyl (C=O) groups excluding carboxylic acids is 1. The molecule has 0 atom stereocenters. The molecular formula is C14H18N2O3. The summed E-state index contributed by atoms with van der Waals surface area (Å²) in [6.45, 7) is 8.02. The lowest BCUT2D eigenvalue weighted by atomic mass is 9.96. The van der Waals surface area contributed by atoms with Crippen LogP contribution in [-0.2, 0) is 4.79 Å². The van der Waals surface area contributed by atoms with E-state index in [4.69, 9.17) is 9.47 Å². The number of nitrogens with one attached hydrogen (secondary N) is 1. The van der Waals surface area contributed by atoms with E-state index in [1.54, 1.807) is 0 Å². The van der Waals surface area contributed by atoms with Crippen LogP contribution >= 0.6 is 0 Å². The predicted molar refractivity (Wildman–Crippen MR) is 72.9 cm³/mol. The molecule has 1 amide bonds. The average molecular weight is 262 g/mol. The van der Waals surface area contributed by atoms with E-state index in [0.717, 1.165) is 17.1 Å². The first-order valence-electron chi connectivity index (χ1n) is 6.45. The summed E-state index contributed by atoms with van der Waals surface area (Å²) in [5.41, 5.74) is 1.14. The molecule has 2 aliphatic heterocycles. The van der Waals surface area contributed by atoms with Crippen molar-refractivity contribution in [3.63, 3.8) is 0 Å². The number of anilines is 2. The minimum absolute atomic E-state index is 0.0638. The molecule has 0 saturated carbocycles. The molecule has 0 saturated heterocycles. The molecule has 19 heavy (non-hydrogen) atoms. The topological polar surface area (TPSA) is 50.8 Å². The number of hydrogen-bond donors (Lipinski definition) is 1. The number of nitrogens with zero attached hydrogens (tertiary/aromatic N) is 1. The van der Waals surface area contributed by atoms with Crippen molar-refractivity contribution in [2.24, 2.45) is 0 Å². The van der Waals surface area contributed by atoms with Gasteiger partial charge in [-0.25, -0.2) is 0 Å². The van der Waals surface area contributed by atoms with Gasteiger partial charge in [0.15, 0.2) is 11.5 Å². The minimum Gasteiger partial charge on any atom is -0.454 e. The van der Waals surface area contributed by atoms with Crippen LogP contribution < -0.4 is 19.7 Å². The molecule has 5 nitrogen and oxygen atoms in total. The molecule has 1 aromatic rings. The van der Waals surface area contributed by atoms with Crippen molar-refractivity contribution < 1.29 is 14.3 Å². The van der Waals surface area contributed by atoms with Gasteiger partial charge in [-0.2, -0.15) is 0 Å². The van der Waals surface area contributed by atoms with Gasteiger partial charge in [0.25, 0.3) is 5.91 Å². The summed E-state index contributed by atoms with van der Waals surface area (Å²) in [5.74, 6) is 1.48. The summed E-state index contributed by atoms with van der Waals surface area (Å²) < 4.78 is 10.8. The molecule has 0 unspecified atom stereocenters. The maximum atomic E-state index is 12.5. The van der Waals surface area contributed by atoms with Crippen molar-refractivity contribution in [3.05, 3.63) is 12.1 Å². The summed E-state index contributed by atoms with van der Waals surface area (Å²) in [6, 6.07) is 3.87. The normalized spacial score (nSPS) is 19.4. The Labute approximate surface area is 112 Å². The lowest BCUT2D eigenvalue weighted by molar-refractivity contribution is -0.122. The van der Waals surface area contributed by atoms with Crippen LogP contribution in [0.2, 0.25) is 0 Å². The van der Waals surface area contributed by atoms with E-state index in [0.29, 0.717) is 5.75 Å². The highest BCUT2D eigenvalue weighted by Crippen LogP contribution is 2.45. The molecule has 0 fully saturated rings. The Morgan fingerprint density at radius 2 is 1.89 bits per heavy atom. The van der Waals surface area contributed by atoms with E-state index in [2.05, 4.69) is 5.32 Å². The third-order valence-corrected chi connectivity index (χ3v) is 3.47. The molecule has 0 aliphatic carbocycles. The van der Waals surface area contributed by atoms with Crippen LogP contribution in [0.4, 0.5) is 11.4 Å². The number of benzene rings is 1. The average Bonchev–Trinajstić information content (AvgIpc) is 2.74. The molecule has 102 valence electrons. The maximum absolute atomic E-state index is 12.5. The van der Waals surface area contributed by atoms with E-state index >= 15 is 0 Å². The Kier molecular flexibility index (Phi) is 2.42. The molecule has 5 heteroatoms. The van der Waals surface area contributed by atoms with Crippen LogP contribution in [0.15, 0.2) is 12.1 Å². The molecular weight excluding hydrogens is 244 g/mol. The van der Waals surface area contributed by atoms with Gasteiger partial charge in [0, 0.05) is 18.2 Å². The van der Waals surface area contributed by atoms with Crippen molar-refractivity contribution in [1.29, 1.82) is 0 Å². The minimum atomic E-state index is -0.620. The van der Waals surface area contributed by atoms with Gasteiger partial charge in [-0.05, 0) is 27.7 Å². The van der Waals surface area contributed by atoms with Crippen molar-refractivity contribution in [1.82, 2.24) is 0 Å². The Hall–Kier alpha value is -1.91. The SMILES string of the molecule is CC(C)N1C(=O)C(C)(C)Nc2cc3c(cc21)OCO3. The van der Waals surface area contributed by atoms with Crippen LogP contribution in [0.5, 0.6) is 11.5 Å². The number of amides is 1.